The molecule has 4 rings (SSSR count). The number of hydrogen-bond donors (Lipinski definition) is 2. The fourth-order valence-corrected chi connectivity index (χ4v) is 3.78. The first-order valence-electron chi connectivity index (χ1n) is 7.97. The Morgan fingerprint density at radius 2 is 2.17 bits per heavy atom. The summed E-state index contributed by atoms with van der Waals surface area (Å²) in [5, 5.41) is 4.95. The van der Waals surface area contributed by atoms with Crippen LogP contribution in [0.3, 0.4) is 0 Å². The van der Waals surface area contributed by atoms with Crippen molar-refractivity contribution in [2.24, 2.45) is 5.92 Å². The molecule has 2 saturated heterocycles. The van der Waals surface area contributed by atoms with Gasteiger partial charge in [0, 0.05) is 12.5 Å². The zero-order valence-electron chi connectivity index (χ0n) is 13.0. The lowest BCUT2D eigenvalue weighted by atomic mass is 9.99. The third kappa shape index (κ3) is 2.29. The number of carbonyl (C=O) groups is 3. The Morgan fingerprint density at radius 3 is 2.87 bits per heavy atom. The Balaban J connectivity index is 1.44. The predicted molar refractivity (Wildman–Crippen MR) is 82.6 cm³/mol. The molecule has 1 saturated carbocycles. The highest BCUT2D eigenvalue weighted by molar-refractivity contribution is 6.07. The number of nitrogens with zero attached hydrogens (tertiary/aromatic N) is 1. The number of rotatable bonds is 2. The third-order valence-electron chi connectivity index (χ3n) is 5.17. The van der Waals surface area contributed by atoms with Gasteiger partial charge in [-0.1, -0.05) is 29.8 Å². The Labute approximate surface area is 134 Å². The standard InChI is InChI=1S/C17H19N3O3/c1-10-3-2-4-11(7-10)12-8-13(12)14(21)20-6-5-17(9-20)15(22)18-16(23)19-17/h2-4,7,12-13H,5-6,8-9H2,1H3,(H2,18,19,22,23)/t12-,13+,17+/m0/s1. The smallest absolute Gasteiger partial charge is 0.322 e. The lowest BCUT2D eigenvalue weighted by molar-refractivity contribution is -0.132. The van der Waals surface area contributed by atoms with Crippen molar-refractivity contribution in [1.29, 1.82) is 0 Å². The highest BCUT2D eigenvalue weighted by atomic mass is 16.2. The van der Waals surface area contributed by atoms with Gasteiger partial charge in [-0.3, -0.25) is 14.9 Å². The van der Waals surface area contributed by atoms with Crippen molar-refractivity contribution in [3.05, 3.63) is 35.4 Å². The summed E-state index contributed by atoms with van der Waals surface area (Å²) in [6.07, 6.45) is 1.35. The lowest BCUT2D eigenvalue weighted by Gasteiger charge is -2.21. The molecule has 1 aromatic rings. The van der Waals surface area contributed by atoms with E-state index in [0.717, 1.165) is 6.42 Å². The highest BCUT2D eigenvalue weighted by Gasteiger charge is 2.54. The number of benzene rings is 1. The zero-order chi connectivity index (χ0) is 16.2. The average molecular weight is 313 g/mol. The first kappa shape index (κ1) is 14.2. The normalized spacial score (nSPS) is 32.1. The van der Waals surface area contributed by atoms with Gasteiger partial charge < -0.3 is 10.2 Å². The quantitative estimate of drug-likeness (QED) is 0.797. The van der Waals surface area contributed by atoms with E-state index in [-0.39, 0.29) is 30.2 Å². The molecule has 3 atom stereocenters. The Hall–Kier alpha value is -2.37. The first-order valence-corrected chi connectivity index (χ1v) is 7.97. The largest absolute Gasteiger partial charge is 0.339 e. The van der Waals surface area contributed by atoms with Crippen LogP contribution in [-0.4, -0.2) is 41.4 Å². The number of nitrogens with one attached hydrogen (secondary N) is 2. The number of aryl methyl sites for hydroxylation is 1. The molecule has 2 heterocycles. The van der Waals surface area contributed by atoms with Crippen molar-refractivity contribution in [2.75, 3.05) is 13.1 Å². The van der Waals surface area contributed by atoms with Gasteiger partial charge in [0.15, 0.2) is 0 Å². The molecule has 3 fully saturated rings. The molecule has 1 spiro atoms. The number of likely N-dealkylation sites (tertiary alicyclic amines) is 1. The van der Waals surface area contributed by atoms with Crippen LogP contribution < -0.4 is 10.6 Å². The fourth-order valence-electron chi connectivity index (χ4n) is 3.78. The van der Waals surface area contributed by atoms with Gasteiger partial charge >= 0.3 is 6.03 Å². The van der Waals surface area contributed by atoms with Crippen LogP contribution in [0.15, 0.2) is 24.3 Å². The molecule has 6 nitrogen and oxygen atoms in total. The molecule has 0 aromatic heterocycles. The molecule has 3 aliphatic rings. The summed E-state index contributed by atoms with van der Waals surface area (Å²) in [6, 6.07) is 7.81. The van der Waals surface area contributed by atoms with Crippen molar-refractivity contribution >= 4 is 17.8 Å². The number of hydrogen-bond acceptors (Lipinski definition) is 3. The van der Waals surface area contributed by atoms with E-state index in [4.69, 9.17) is 0 Å². The molecule has 6 heteroatoms. The summed E-state index contributed by atoms with van der Waals surface area (Å²) in [4.78, 5) is 37.7. The van der Waals surface area contributed by atoms with Gasteiger partial charge in [-0.15, -0.1) is 0 Å². The van der Waals surface area contributed by atoms with Crippen LogP contribution in [0.5, 0.6) is 0 Å². The molecule has 0 bridgehead atoms. The van der Waals surface area contributed by atoms with E-state index >= 15 is 0 Å². The Morgan fingerprint density at radius 1 is 1.35 bits per heavy atom. The van der Waals surface area contributed by atoms with Crippen molar-refractivity contribution in [2.45, 2.75) is 31.2 Å². The average Bonchev–Trinajstić information content (AvgIpc) is 3.12. The van der Waals surface area contributed by atoms with Crippen LogP contribution in [0.2, 0.25) is 0 Å². The van der Waals surface area contributed by atoms with Gasteiger partial charge in [0.2, 0.25) is 5.91 Å². The Bertz CT molecular complexity index is 717. The molecular weight excluding hydrogens is 294 g/mol. The first-order chi connectivity index (χ1) is 11.0. The van der Waals surface area contributed by atoms with E-state index < -0.39 is 11.6 Å². The van der Waals surface area contributed by atoms with E-state index in [2.05, 4.69) is 22.8 Å². The minimum atomic E-state index is -0.916. The summed E-state index contributed by atoms with van der Waals surface area (Å²) >= 11 is 0. The summed E-state index contributed by atoms with van der Waals surface area (Å²) in [5.74, 6) is 0.0734. The molecule has 4 amide bonds. The third-order valence-corrected chi connectivity index (χ3v) is 5.17. The minimum Gasteiger partial charge on any atom is -0.339 e. The SMILES string of the molecule is Cc1cccc([C@@H]2C[C@H]2C(=O)N2CC[C@]3(C2)NC(=O)NC3=O)c1. The number of carbonyl (C=O) groups excluding carboxylic acids is 3. The van der Waals surface area contributed by atoms with Crippen LogP contribution in [0.1, 0.15) is 29.9 Å². The maximum atomic E-state index is 12.7. The van der Waals surface area contributed by atoms with Gasteiger partial charge in [-0.05, 0) is 31.2 Å². The van der Waals surface area contributed by atoms with Crippen molar-refractivity contribution < 1.29 is 14.4 Å². The lowest BCUT2D eigenvalue weighted by Crippen LogP contribution is -2.49. The maximum Gasteiger partial charge on any atom is 0.322 e. The molecule has 1 aromatic carbocycles. The zero-order valence-corrected chi connectivity index (χ0v) is 13.0. The summed E-state index contributed by atoms with van der Waals surface area (Å²) < 4.78 is 0. The highest BCUT2D eigenvalue weighted by Crippen LogP contribution is 2.49. The summed E-state index contributed by atoms with van der Waals surface area (Å²) in [6.45, 7) is 2.85. The summed E-state index contributed by atoms with van der Waals surface area (Å²) in [7, 11) is 0. The van der Waals surface area contributed by atoms with Gasteiger partial charge in [-0.2, -0.15) is 0 Å². The van der Waals surface area contributed by atoms with Crippen LogP contribution in [-0.2, 0) is 9.59 Å². The van der Waals surface area contributed by atoms with Crippen LogP contribution in [0, 0.1) is 12.8 Å². The second-order valence-electron chi connectivity index (χ2n) is 6.86. The second-order valence-corrected chi connectivity index (χ2v) is 6.86. The van der Waals surface area contributed by atoms with Crippen molar-refractivity contribution in [3.8, 4) is 0 Å². The molecule has 120 valence electrons. The minimum absolute atomic E-state index is 0.00659. The van der Waals surface area contributed by atoms with Gasteiger partial charge in [-0.25, -0.2) is 4.79 Å². The monoisotopic (exact) mass is 313 g/mol. The molecule has 23 heavy (non-hydrogen) atoms. The second kappa shape index (κ2) is 4.81. The van der Waals surface area contributed by atoms with E-state index in [9.17, 15) is 14.4 Å². The topological polar surface area (TPSA) is 78.5 Å². The van der Waals surface area contributed by atoms with E-state index in [0.29, 0.717) is 13.0 Å². The van der Waals surface area contributed by atoms with E-state index in [1.54, 1.807) is 4.90 Å². The number of amides is 4. The van der Waals surface area contributed by atoms with Crippen LogP contribution in [0.4, 0.5) is 4.79 Å². The van der Waals surface area contributed by atoms with Gasteiger partial charge in [0.05, 0.1) is 6.54 Å². The summed E-state index contributed by atoms with van der Waals surface area (Å²) in [5.41, 5.74) is 1.50. The van der Waals surface area contributed by atoms with Crippen molar-refractivity contribution in [3.63, 3.8) is 0 Å². The fraction of sp³-hybridized carbons (Fsp3) is 0.471. The molecule has 2 aliphatic heterocycles. The molecule has 0 radical (unpaired) electrons. The van der Waals surface area contributed by atoms with Gasteiger partial charge in [0.1, 0.15) is 5.54 Å². The molecular formula is C17H19N3O3. The predicted octanol–water partition coefficient (Wildman–Crippen LogP) is 0.909. The molecule has 0 unspecified atom stereocenters. The van der Waals surface area contributed by atoms with Crippen LogP contribution >= 0.6 is 0 Å². The maximum absolute atomic E-state index is 12.7. The van der Waals surface area contributed by atoms with Crippen LogP contribution in [0.25, 0.3) is 0 Å². The number of urea groups is 1. The van der Waals surface area contributed by atoms with E-state index in [1.165, 1.54) is 11.1 Å². The van der Waals surface area contributed by atoms with E-state index in [1.807, 2.05) is 19.1 Å². The van der Waals surface area contributed by atoms with Crippen molar-refractivity contribution in [1.82, 2.24) is 15.5 Å². The Kier molecular flexibility index (Phi) is 2.98. The molecule has 1 aliphatic carbocycles. The number of imide groups is 1. The molecule has 2 N–H and O–H groups in total. The van der Waals surface area contributed by atoms with Gasteiger partial charge in [0.25, 0.3) is 5.91 Å².